The Morgan fingerprint density at radius 2 is 2.06 bits per heavy atom. The average Bonchev–Trinajstić information content (AvgIpc) is 2.82. The number of imidazole rings is 1. The van der Waals surface area contributed by atoms with Gasteiger partial charge in [0, 0.05) is 5.92 Å². The summed E-state index contributed by atoms with van der Waals surface area (Å²) in [5, 5.41) is 2.89. The molecule has 2 atom stereocenters. The number of carbonyl (C=O) groups excluding carboxylic acids is 1. The summed E-state index contributed by atoms with van der Waals surface area (Å²) in [5.41, 5.74) is 1.27. The molecule has 92 valence electrons. The summed E-state index contributed by atoms with van der Waals surface area (Å²) >= 11 is 0. The van der Waals surface area contributed by atoms with E-state index in [0.717, 1.165) is 24.7 Å². The van der Waals surface area contributed by atoms with Crippen LogP contribution in [0.1, 0.15) is 19.3 Å². The maximum Gasteiger partial charge on any atom is 0.228 e. The highest BCUT2D eigenvalue weighted by molar-refractivity contribution is 5.97. The van der Waals surface area contributed by atoms with Crippen LogP contribution in [-0.4, -0.2) is 25.8 Å². The quantitative estimate of drug-likeness (QED) is 0.833. The van der Waals surface area contributed by atoms with Gasteiger partial charge in [-0.2, -0.15) is 0 Å². The number of rotatable bonds is 2. The van der Waals surface area contributed by atoms with Crippen molar-refractivity contribution < 1.29 is 4.79 Å². The number of amides is 1. The van der Waals surface area contributed by atoms with Gasteiger partial charge in [-0.05, 0) is 31.1 Å². The Labute approximate surface area is 103 Å². The molecule has 2 unspecified atom stereocenters. The summed E-state index contributed by atoms with van der Waals surface area (Å²) in [5.74, 6) is 2.37. The van der Waals surface area contributed by atoms with Gasteiger partial charge in [-0.1, -0.05) is 0 Å². The predicted molar refractivity (Wildman–Crippen MR) is 64.6 cm³/mol. The number of carbonyl (C=O) groups is 1. The first kappa shape index (κ1) is 9.99. The van der Waals surface area contributed by atoms with Crippen LogP contribution in [-0.2, 0) is 4.79 Å². The van der Waals surface area contributed by atoms with E-state index >= 15 is 0 Å². The Hall–Kier alpha value is -1.98. The lowest BCUT2D eigenvalue weighted by molar-refractivity contribution is -0.120. The van der Waals surface area contributed by atoms with Gasteiger partial charge in [0.05, 0.1) is 6.33 Å². The van der Waals surface area contributed by atoms with Gasteiger partial charge in [0.15, 0.2) is 11.5 Å². The second-order valence-electron chi connectivity index (χ2n) is 5.24. The number of hydrogen-bond donors (Lipinski definition) is 2. The highest BCUT2D eigenvalue weighted by Crippen LogP contribution is 2.54. The Morgan fingerprint density at radius 1 is 1.22 bits per heavy atom. The van der Waals surface area contributed by atoms with Crippen LogP contribution in [0, 0.1) is 17.8 Å². The molecule has 0 bridgehead atoms. The molecule has 2 aliphatic carbocycles. The van der Waals surface area contributed by atoms with Crippen LogP contribution >= 0.6 is 0 Å². The third-order valence-corrected chi connectivity index (χ3v) is 4.08. The monoisotopic (exact) mass is 243 g/mol. The van der Waals surface area contributed by atoms with E-state index in [9.17, 15) is 4.79 Å². The van der Waals surface area contributed by atoms with Crippen LogP contribution in [0.25, 0.3) is 11.2 Å². The van der Waals surface area contributed by atoms with Crippen LogP contribution in [0.4, 0.5) is 5.82 Å². The Bertz CT molecular complexity index is 612. The molecule has 2 fully saturated rings. The van der Waals surface area contributed by atoms with Crippen molar-refractivity contribution in [1.82, 2.24) is 19.9 Å². The zero-order valence-electron chi connectivity index (χ0n) is 9.76. The molecule has 0 aliphatic heterocycles. The zero-order chi connectivity index (χ0) is 12.1. The molecule has 2 aromatic heterocycles. The number of fused-ring (bicyclic) bond motifs is 2. The maximum absolute atomic E-state index is 12.1. The van der Waals surface area contributed by atoms with Crippen LogP contribution in [0.3, 0.4) is 0 Å². The largest absolute Gasteiger partial charge is 0.340 e. The molecule has 0 radical (unpaired) electrons. The molecule has 6 heteroatoms. The lowest BCUT2D eigenvalue weighted by Gasteiger charge is -2.11. The third-order valence-electron chi connectivity index (χ3n) is 4.08. The zero-order valence-corrected chi connectivity index (χ0v) is 9.76. The van der Waals surface area contributed by atoms with E-state index in [1.807, 2.05) is 0 Å². The van der Waals surface area contributed by atoms with Gasteiger partial charge in [-0.3, -0.25) is 4.79 Å². The second-order valence-corrected chi connectivity index (χ2v) is 5.24. The van der Waals surface area contributed by atoms with Crippen molar-refractivity contribution in [1.29, 1.82) is 0 Å². The number of aromatic nitrogens is 4. The minimum Gasteiger partial charge on any atom is -0.340 e. The standard InChI is InChI=1S/C12H13N5O/c18-12(8-2-6-1-7(6)3-8)17-11-9-10(14-4-13-9)15-5-16-11/h4-8H,1-3H2,(H2,13,14,15,16,17,18). The fourth-order valence-corrected chi connectivity index (χ4v) is 3.01. The van der Waals surface area contributed by atoms with Gasteiger partial charge in [-0.15, -0.1) is 0 Å². The number of H-pyrrole nitrogens is 1. The van der Waals surface area contributed by atoms with Crippen molar-refractivity contribution in [2.45, 2.75) is 19.3 Å². The molecule has 0 aromatic carbocycles. The molecule has 0 saturated heterocycles. The van der Waals surface area contributed by atoms with Gasteiger partial charge in [0.1, 0.15) is 11.8 Å². The summed E-state index contributed by atoms with van der Waals surface area (Å²) in [6, 6.07) is 0. The smallest absolute Gasteiger partial charge is 0.228 e. The molecular weight excluding hydrogens is 230 g/mol. The van der Waals surface area contributed by atoms with Gasteiger partial charge >= 0.3 is 0 Å². The molecule has 2 saturated carbocycles. The van der Waals surface area contributed by atoms with Gasteiger partial charge < -0.3 is 10.3 Å². The molecule has 0 spiro atoms. The van der Waals surface area contributed by atoms with E-state index in [4.69, 9.17) is 0 Å². The van der Waals surface area contributed by atoms with E-state index in [0.29, 0.717) is 17.0 Å². The number of aromatic amines is 1. The summed E-state index contributed by atoms with van der Waals surface area (Å²) < 4.78 is 0. The van der Waals surface area contributed by atoms with Crippen molar-refractivity contribution in [2.24, 2.45) is 17.8 Å². The third kappa shape index (κ3) is 1.48. The summed E-state index contributed by atoms with van der Waals surface area (Å²) in [6.07, 6.45) is 6.37. The number of nitrogens with one attached hydrogen (secondary N) is 2. The number of nitrogens with zero attached hydrogens (tertiary/aromatic N) is 3. The first-order chi connectivity index (χ1) is 8.81. The highest BCUT2D eigenvalue weighted by Gasteiger charge is 2.48. The topological polar surface area (TPSA) is 83.6 Å². The van der Waals surface area contributed by atoms with E-state index in [-0.39, 0.29) is 11.8 Å². The molecule has 2 heterocycles. The second kappa shape index (κ2) is 3.51. The predicted octanol–water partition coefficient (Wildman–Crippen LogP) is 1.34. The molecule has 6 nitrogen and oxygen atoms in total. The molecule has 2 aromatic rings. The normalized spacial score (nSPS) is 29.2. The van der Waals surface area contributed by atoms with Crippen molar-refractivity contribution in [3.63, 3.8) is 0 Å². The lowest BCUT2D eigenvalue weighted by atomic mass is 10.0. The summed E-state index contributed by atoms with van der Waals surface area (Å²) in [6.45, 7) is 0. The number of hydrogen-bond acceptors (Lipinski definition) is 4. The minimum absolute atomic E-state index is 0.0804. The van der Waals surface area contributed by atoms with Gasteiger partial charge in [0.2, 0.25) is 5.91 Å². The fourth-order valence-electron chi connectivity index (χ4n) is 3.01. The molecule has 18 heavy (non-hydrogen) atoms. The Kier molecular flexibility index (Phi) is 1.95. The molecular formula is C12H13N5O. The van der Waals surface area contributed by atoms with Crippen LogP contribution in [0.2, 0.25) is 0 Å². The molecule has 2 N–H and O–H groups in total. The van der Waals surface area contributed by atoms with E-state index in [1.165, 1.54) is 12.7 Å². The van der Waals surface area contributed by atoms with Crippen LogP contribution in [0.5, 0.6) is 0 Å². The van der Waals surface area contributed by atoms with Gasteiger partial charge in [-0.25, -0.2) is 15.0 Å². The van der Waals surface area contributed by atoms with E-state index in [1.54, 1.807) is 6.33 Å². The van der Waals surface area contributed by atoms with Crippen molar-refractivity contribution in [3.05, 3.63) is 12.7 Å². The molecule has 4 rings (SSSR count). The average molecular weight is 243 g/mol. The first-order valence-corrected chi connectivity index (χ1v) is 6.26. The lowest BCUT2D eigenvalue weighted by Crippen LogP contribution is -2.22. The fraction of sp³-hybridized carbons (Fsp3) is 0.500. The van der Waals surface area contributed by atoms with Crippen LogP contribution in [0.15, 0.2) is 12.7 Å². The van der Waals surface area contributed by atoms with E-state index < -0.39 is 0 Å². The summed E-state index contributed by atoms with van der Waals surface area (Å²) in [4.78, 5) is 27.3. The SMILES string of the molecule is O=C(Nc1ncnc2nc[nH]c12)C1CC2CC2C1. The number of anilines is 1. The maximum atomic E-state index is 12.1. The van der Waals surface area contributed by atoms with Crippen molar-refractivity contribution in [2.75, 3.05) is 5.32 Å². The molecule has 1 amide bonds. The van der Waals surface area contributed by atoms with Gasteiger partial charge in [0.25, 0.3) is 0 Å². The first-order valence-electron chi connectivity index (χ1n) is 6.26. The minimum atomic E-state index is 0.0804. The van der Waals surface area contributed by atoms with Crippen LogP contribution < -0.4 is 5.32 Å². The Balaban J connectivity index is 1.56. The van der Waals surface area contributed by atoms with E-state index in [2.05, 4.69) is 25.3 Å². The van der Waals surface area contributed by atoms with Crippen molar-refractivity contribution in [3.8, 4) is 0 Å². The van der Waals surface area contributed by atoms with Crippen molar-refractivity contribution >= 4 is 22.9 Å². The highest BCUT2D eigenvalue weighted by atomic mass is 16.2. The summed E-state index contributed by atoms with van der Waals surface area (Å²) in [7, 11) is 0. The Morgan fingerprint density at radius 3 is 2.89 bits per heavy atom. The molecule has 2 aliphatic rings.